The quantitative estimate of drug-likeness (QED) is 0.179. The molecule has 61 heavy (non-hydrogen) atoms. The maximum Gasteiger partial charge on any atom is 0.182 e. The summed E-state index contributed by atoms with van der Waals surface area (Å²) in [6.07, 6.45) is 0. The van der Waals surface area contributed by atoms with Gasteiger partial charge in [0.2, 0.25) is 0 Å². The molecule has 0 fully saturated rings. The van der Waals surface area contributed by atoms with E-state index in [1.807, 2.05) is 36.4 Å². The lowest BCUT2D eigenvalue weighted by Crippen LogP contribution is -1.94. The molecule has 7 heteroatoms. The summed E-state index contributed by atoms with van der Waals surface area (Å²) < 4.78 is 20.2. The van der Waals surface area contributed by atoms with Crippen molar-refractivity contribution in [2.75, 3.05) is 0 Å². The molecule has 0 aliphatic heterocycles. The molecule has 8 aromatic carbocycles. The summed E-state index contributed by atoms with van der Waals surface area (Å²) in [4.78, 5) is 5.09. The third kappa shape index (κ3) is 4.32. The summed E-state index contributed by atoms with van der Waals surface area (Å²) in [5, 5.41) is 17.4. The molecule has 0 spiro atoms. The van der Waals surface area contributed by atoms with Crippen LogP contribution in [-0.2, 0) is 0 Å². The molecule has 0 saturated heterocycles. The first-order valence-corrected chi connectivity index (χ1v) is 20.3. The highest BCUT2D eigenvalue weighted by Crippen LogP contribution is 2.44. The molecule has 0 unspecified atom stereocenters. The largest absolute Gasteiger partial charge is 0.454 e. The number of imidazole rings is 1. The minimum Gasteiger partial charge on any atom is -0.454 e. The van der Waals surface area contributed by atoms with Gasteiger partial charge in [-0.15, -0.1) is 0 Å². The molecule has 0 N–H and O–H groups in total. The molecule has 0 aliphatic carbocycles. The Kier molecular flexibility index (Phi) is 6.24. The van der Waals surface area contributed by atoms with Gasteiger partial charge in [-0.05, 0) is 102 Å². The van der Waals surface area contributed by atoms with E-state index in [4.69, 9.17) is 13.8 Å². The summed E-state index contributed by atoms with van der Waals surface area (Å²) in [7, 11) is 0. The van der Waals surface area contributed by atoms with Gasteiger partial charge >= 0.3 is 0 Å². The minimum absolute atomic E-state index is 0.554. The number of nitriles is 1. The van der Waals surface area contributed by atoms with Gasteiger partial charge in [0.25, 0.3) is 0 Å². The van der Waals surface area contributed by atoms with Crippen molar-refractivity contribution < 1.29 is 8.83 Å². The zero-order chi connectivity index (χ0) is 39.9. The van der Waals surface area contributed by atoms with Gasteiger partial charge in [0, 0.05) is 43.7 Å². The van der Waals surface area contributed by atoms with Gasteiger partial charge in [0.05, 0.1) is 50.1 Å². The van der Waals surface area contributed by atoms with E-state index in [1.165, 1.54) is 38.1 Å². The van der Waals surface area contributed by atoms with Crippen molar-refractivity contribution in [3.63, 3.8) is 0 Å². The summed E-state index contributed by atoms with van der Waals surface area (Å²) in [6.45, 7) is 0. The predicted octanol–water partition coefficient (Wildman–Crippen LogP) is 14.0. The first kappa shape index (κ1) is 32.4. The van der Waals surface area contributed by atoms with Gasteiger partial charge in [-0.1, -0.05) is 84.9 Å². The van der Waals surface area contributed by atoms with Crippen LogP contribution in [0.15, 0.2) is 185 Å². The molecule has 0 amide bonds. The van der Waals surface area contributed by atoms with E-state index in [-0.39, 0.29) is 0 Å². The van der Waals surface area contributed by atoms with E-state index in [2.05, 4.69) is 159 Å². The van der Waals surface area contributed by atoms with E-state index in [0.29, 0.717) is 16.8 Å². The van der Waals surface area contributed by atoms with E-state index in [1.54, 1.807) is 0 Å². The van der Waals surface area contributed by atoms with Crippen molar-refractivity contribution in [2.45, 2.75) is 0 Å². The Hall–Kier alpha value is -8.60. The fraction of sp³-hybridized carbons (Fsp3) is 0. The lowest BCUT2D eigenvalue weighted by atomic mass is 10.0. The minimum atomic E-state index is 0.554. The number of hydrogen-bond donors (Lipinski definition) is 0. The zero-order valence-electron chi connectivity index (χ0n) is 32.3. The van der Waals surface area contributed by atoms with Crippen LogP contribution >= 0.6 is 0 Å². The first-order chi connectivity index (χ1) is 30.2. The molecule has 6 aromatic heterocycles. The third-order valence-electron chi connectivity index (χ3n) is 12.6. The monoisotopic (exact) mass is 779 g/mol. The zero-order valence-corrected chi connectivity index (χ0v) is 32.3. The second-order valence-electron chi connectivity index (χ2n) is 15.9. The maximum absolute atomic E-state index is 9.75. The Labute approximate surface area is 345 Å². The number of nitrogens with zero attached hydrogens (tertiary/aromatic N) is 5. The molecule has 0 saturated carbocycles. The SMILES string of the molecule is N#Cc1ccc2c(c1)nc1c3oc4ccccc4c3c3oc4ccc(-n5c6ccccc6c6cc(-c7ccc8c(c7)c7ccccc7n8-c7ccccc7)ccc65)cc4c3n21. The van der Waals surface area contributed by atoms with Crippen LogP contribution in [-0.4, -0.2) is 18.5 Å². The molecule has 14 rings (SSSR count). The Morgan fingerprint density at radius 3 is 1.75 bits per heavy atom. The Morgan fingerprint density at radius 1 is 0.443 bits per heavy atom. The van der Waals surface area contributed by atoms with Crippen molar-refractivity contribution in [1.82, 2.24) is 18.5 Å². The second-order valence-corrected chi connectivity index (χ2v) is 15.9. The van der Waals surface area contributed by atoms with Crippen LogP contribution in [0.3, 0.4) is 0 Å². The smallest absolute Gasteiger partial charge is 0.182 e. The Balaban J connectivity index is 1.000. The average molecular weight is 780 g/mol. The summed E-state index contributed by atoms with van der Waals surface area (Å²) in [5.74, 6) is 0. The van der Waals surface area contributed by atoms with E-state index < -0.39 is 0 Å². The van der Waals surface area contributed by atoms with Crippen LogP contribution in [0.1, 0.15) is 5.56 Å². The van der Waals surface area contributed by atoms with Gasteiger partial charge in [-0.2, -0.15) is 5.26 Å². The first-order valence-electron chi connectivity index (χ1n) is 20.3. The van der Waals surface area contributed by atoms with Crippen LogP contribution in [0.25, 0.3) is 127 Å². The Bertz CT molecular complexity index is 4250. The summed E-state index contributed by atoms with van der Waals surface area (Å²) >= 11 is 0. The molecule has 0 bridgehead atoms. The number of benzene rings is 8. The highest BCUT2D eigenvalue weighted by Gasteiger charge is 2.25. The molecular formula is C54H29N5O2. The van der Waals surface area contributed by atoms with Crippen LogP contribution < -0.4 is 0 Å². The third-order valence-corrected chi connectivity index (χ3v) is 12.6. The van der Waals surface area contributed by atoms with Gasteiger partial charge in [-0.25, -0.2) is 4.98 Å². The number of para-hydroxylation sites is 4. The molecule has 0 aliphatic rings. The summed E-state index contributed by atoms with van der Waals surface area (Å²) in [5.41, 5.74) is 15.8. The standard InChI is InChI=1S/C54H29N5O2/c55-30-31-18-22-47-42(26-31)56-54-53-50(38-14-6-9-17-48(38)61-53)52-51(59(47)54)41-29-35(21-25-49(41)60-52)58-44-16-8-5-13-37(44)40-28-33(20-24-46(40)58)32-19-23-45-39(27-32)36-12-4-7-15-43(36)57(45)34-10-2-1-3-11-34/h1-29H. The maximum atomic E-state index is 9.75. The molecular weight excluding hydrogens is 751 g/mol. The molecule has 6 heterocycles. The van der Waals surface area contributed by atoms with Crippen molar-refractivity contribution >= 4 is 104 Å². The second kappa shape index (κ2) is 11.8. The van der Waals surface area contributed by atoms with Crippen LogP contribution in [0.5, 0.6) is 0 Å². The Morgan fingerprint density at radius 2 is 1.03 bits per heavy atom. The highest BCUT2D eigenvalue weighted by molar-refractivity contribution is 6.25. The molecule has 0 radical (unpaired) electrons. The van der Waals surface area contributed by atoms with Crippen molar-refractivity contribution in [1.29, 1.82) is 5.26 Å². The number of pyridine rings is 1. The molecule has 282 valence electrons. The molecule has 0 atom stereocenters. The van der Waals surface area contributed by atoms with E-state index in [9.17, 15) is 5.26 Å². The predicted molar refractivity (Wildman–Crippen MR) is 246 cm³/mol. The van der Waals surface area contributed by atoms with Crippen LogP contribution in [0.2, 0.25) is 0 Å². The number of hydrogen-bond acceptors (Lipinski definition) is 4. The van der Waals surface area contributed by atoms with Gasteiger partial charge < -0.3 is 18.0 Å². The number of fused-ring (bicyclic) bond motifs is 18. The average Bonchev–Trinajstić information content (AvgIpc) is 4.13. The van der Waals surface area contributed by atoms with Crippen LogP contribution in [0.4, 0.5) is 0 Å². The van der Waals surface area contributed by atoms with Crippen molar-refractivity contribution in [2.24, 2.45) is 0 Å². The molecule has 7 nitrogen and oxygen atoms in total. The molecule has 14 aromatic rings. The van der Waals surface area contributed by atoms with Crippen LogP contribution in [0, 0.1) is 11.3 Å². The van der Waals surface area contributed by atoms with Gasteiger partial charge in [0.15, 0.2) is 16.8 Å². The van der Waals surface area contributed by atoms with Gasteiger partial charge in [-0.3, -0.25) is 4.40 Å². The normalized spacial score (nSPS) is 12.2. The summed E-state index contributed by atoms with van der Waals surface area (Å²) in [6, 6.07) is 64.0. The van der Waals surface area contributed by atoms with E-state index >= 15 is 0 Å². The lowest BCUT2D eigenvalue weighted by molar-refractivity contribution is 0.662. The van der Waals surface area contributed by atoms with E-state index in [0.717, 1.165) is 77.4 Å². The van der Waals surface area contributed by atoms with Gasteiger partial charge in [0.1, 0.15) is 16.7 Å². The lowest BCUT2D eigenvalue weighted by Gasteiger charge is -2.10. The van der Waals surface area contributed by atoms with Crippen molar-refractivity contribution in [3.8, 4) is 28.6 Å². The number of aromatic nitrogens is 4. The topological polar surface area (TPSA) is 77.2 Å². The number of rotatable bonds is 3. The number of furan rings is 2. The highest BCUT2D eigenvalue weighted by atomic mass is 16.3. The van der Waals surface area contributed by atoms with Crippen molar-refractivity contribution in [3.05, 3.63) is 181 Å². The fourth-order valence-electron chi connectivity index (χ4n) is 10.00. The fourth-order valence-corrected chi connectivity index (χ4v) is 10.00.